The molecule has 106 valence electrons. The molecule has 3 aromatic rings. The van der Waals surface area contributed by atoms with E-state index in [4.69, 9.17) is 13.9 Å². The molecular formula is C17H14O4. The van der Waals surface area contributed by atoms with Gasteiger partial charge >= 0.3 is 0 Å². The maximum Gasteiger partial charge on any atom is 0.296 e. The van der Waals surface area contributed by atoms with Crippen molar-refractivity contribution in [2.24, 2.45) is 0 Å². The van der Waals surface area contributed by atoms with E-state index >= 15 is 0 Å². The van der Waals surface area contributed by atoms with Crippen molar-refractivity contribution in [2.75, 3.05) is 14.2 Å². The van der Waals surface area contributed by atoms with Crippen molar-refractivity contribution < 1.29 is 13.9 Å². The summed E-state index contributed by atoms with van der Waals surface area (Å²) in [5.74, 6) is 0.688. The number of hydrogen-bond acceptors (Lipinski definition) is 4. The molecule has 2 aromatic carbocycles. The Morgan fingerprint density at radius 1 is 0.905 bits per heavy atom. The predicted octanol–water partition coefficient (Wildman–Crippen LogP) is 3.48. The molecule has 21 heavy (non-hydrogen) atoms. The Hall–Kier alpha value is -2.75. The van der Waals surface area contributed by atoms with Crippen LogP contribution in [-0.4, -0.2) is 14.2 Å². The average Bonchev–Trinajstić information content (AvgIpc) is 2.54. The van der Waals surface area contributed by atoms with Crippen LogP contribution in [0.5, 0.6) is 11.7 Å². The van der Waals surface area contributed by atoms with E-state index in [0.29, 0.717) is 22.3 Å². The molecule has 0 saturated heterocycles. The Morgan fingerprint density at radius 3 is 2.33 bits per heavy atom. The first kappa shape index (κ1) is 13.2. The molecule has 1 heterocycles. The summed E-state index contributed by atoms with van der Waals surface area (Å²) < 4.78 is 16.2. The molecule has 0 aliphatic heterocycles. The molecule has 4 nitrogen and oxygen atoms in total. The summed E-state index contributed by atoms with van der Waals surface area (Å²) in [6.45, 7) is 0. The van der Waals surface area contributed by atoms with E-state index in [9.17, 15) is 4.79 Å². The molecule has 0 saturated carbocycles. The number of ether oxygens (including phenoxy) is 2. The fourth-order valence-corrected chi connectivity index (χ4v) is 2.36. The molecule has 0 bridgehead atoms. The first-order chi connectivity index (χ1) is 10.3. The third-order valence-electron chi connectivity index (χ3n) is 3.32. The summed E-state index contributed by atoms with van der Waals surface area (Å²) in [4.78, 5) is 12.9. The monoisotopic (exact) mass is 282 g/mol. The maximum absolute atomic E-state index is 12.9. The van der Waals surface area contributed by atoms with Crippen LogP contribution in [0.2, 0.25) is 0 Å². The van der Waals surface area contributed by atoms with Crippen LogP contribution in [0, 0.1) is 0 Å². The van der Waals surface area contributed by atoms with E-state index < -0.39 is 0 Å². The van der Waals surface area contributed by atoms with Gasteiger partial charge < -0.3 is 13.9 Å². The maximum atomic E-state index is 12.9. The summed E-state index contributed by atoms with van der Waals surface area (Å²) in [7, 11) is 3.01. The highest BCUT2D eigenvalue weighted by Crippen LogP contribution is 2.33. The second-order valence-electron chi connectivity index (χ2n) is 4.50. The third kappa shape index (κ3) is 2.14. The van der Waals surface area contributed by atoms with Crippen LogP contribution in [0.15, 0.2) is 57.7 Å². The second-order valence-corrected chi connectivity index (χ2v) is 4.50. The van der Waals surface area contributed by atoms with Crippen LogP contribution in [0.25, 0.3) is 22.1 Å². The fourth-order valence-electron chi connectivity index (χ4n) is 2.36. The van der Waals surface area contributed by atoms with E-state index in [-0.39, 0.29) is 11.4 Å². The molecule has 0 fully saturated rings. The van der Waals surface area contributed by atoms with Crippen LogP contribution in [0.3, 0.4) is 0 Å². The third-order valence-corrected chi connectivity index (χ3v) is 3.32. The van der Waals surface area contributed by atoms with Gasteiger partial charge in [0.15, 0.2) is 0 Å². The summed E-state index contributed by atoms with van der Waals surface area (Å²) >= 11 is 0. The molecule has 3 rings (SSSR count). The molecule has 0 N–H and O–H groups in total. The van der Waals surface area contributed by atoms with Gasteiger partial charge in [-0.3, -0.25) is 4.79 Å². The lowest BCUT2D eigenvalue weighted by Crippen LogP contribution is -2.08. The minimum Gasteiger partial charge on any atom is -0.496 e. The van der Waals surface area contributed by atoms with Gasteiger partial charge in [-0.15, -0.1) is 0 Å². The smallest absolute Gasteiger partial charge is 0.296 e. The lowest BCUT2D eigenvalue weighted by molar-refractivity contribution is 0.312. The van der Waals surface area contributed by atoms with Crippen LogP contribution >= 0.6 is 0 Å². The summed E-state index contributed by atoms with van der Waals surface area (Å²) in [6, 6.07) is 14.5. The Labute approximate surface area is 121 Å². The van der Waals surface area contributed by atoms with Gasteiger partial charge in [0.25, 0.3) is 5.95 Å². The SMILES string of the molecule is COc1oc2cccc(OC)c2c(=O)c1-c1ccccc1. The van der Waals surface area contributed by atoms with Crippen LogP contribution in [0.1, 0.15) is 0 Å². The van der Waals surface area contributed by atoms with E-state index in [1.165, 1.54) is 14.2 Å². The lowest BCUT2D eigenvalue weighted by atomic mass is 10.0. The zero-order chi connectivity index (χ0) is 14.8. The molecule has 4 heteroatoms. The molecule has 0 amide bonds. The highest BCUT2D eigenvalue weighted by Gasteiger charge is 2.19. The van der Waals surface area contributed by atoms with Crippen molar-refractivity contribution in [3.63, 3.8) is 0 Å². The lowest BCUT2D eigenvalue weighted by Gasteiger charge is -2.10. The predicted molar refractivity (Wildman–Crippen MR) is 81.0 cm³/mol. The van der Waals surface area contributed by atoms with Crippen molar-refractivity contribution in [2.45, 2.75) is 0 Å². The molecule has 0 radical (unpaired) electrons. The standard InChI is InChI=1S/C17H14O4/c1-19-12-9-6-10-13-15(12)16(18)14(17(20-2)21-13)11-7-4-3-5-8-11/h3-10H,1-2H3. The van der Waals surface area contributed by atoms with E-state index in [1.54, 1.807) is 18.2 Å². The van der Waals surface area contributed by atoms with Crippen molar-refractivity contribution >= 4 is 11.0 Å². The molecule has 0 unspecified atom stereocenters. The minimum absolute atomic E-state index is 0.170. The second kappa shape index (κ2) is 5.32. The number of hydrogen-bond donors (Lipinski definition) is 0. The van der Waals surface area contributed by atoms with Gasteiger partial charge in [-0.2, -0.15) is 0 Å². The minimum atomic E-state index is -0.170. The zero-order valence-electron chi connectivity index (χ0n) is 11.8. The average molecular weight is 282 g/mol. The normalized spacial score (nSPS) is 10.6. The number of rotatable bonds is 3. The Kier molecular flexibility index (Phi) is 3.36. The highest BCUT2D eigenvalue weighted by molar-refractivity contribution is 5.88. The topological polar surface area (TPSA) is 48.7 Å². The van der Waals surface area contributed by atoms with Crippen molar-refractivity contribution in [3.8, 4) is 22.8 Å². The molecule has 0 spiro atoms. The quantitative estimate of drug-likeness (QED) is 0.738. The largest absolute Gasteiger partial charge is 0.496 e. The van der Waals surface area contributed by atoms with Gasteiger partial charge in [0.05, 0.1) is 14.2 Å². The van der Waals surface area contributed by atoms with Crippen LogP contribution < -0.4 is 14.9 Å². The van der Waals surface area contributed by atoms with Gasteiger partial charge in [-0.25, -0.2) is 0 Å². The Morgan fingerprint density at radius 2 is 1.67 bits per heavy atom. The fraction of sp³-hybridized carbons (Fsp3) is 0.118. The van der Waals surface area contributed by atoms with Gasteiger partial charge in [-0.1, -0.05) is 36.4 Å². The summed E-state index contributed by atoms with van der Waals surface area (Å²) in [5.41, 5.74) is 1.42. The zero-order valence-corrected chi connectivity index (χ0v) is 11.8. The first-order valence-corrected chi connectivity index (χ1v) is 6.49. The number of fused-ring (bicyclic) bond motifs is 1. The molecular weight excluding hydrogens is 268 g/mol. The van der Waals surface area contributed by atoms with Gasteiger partial charge in [0.1, 0.15) is 22.3 Å². The summed E-state index contributed by atoms with van der Waals surface area (Å²) in [6.07, 6.45) is 0. The molecule has 1 aromatic heterocycles. The van der Waals surface area contributed by atoms with Gasteiger partial charge in [0.2, 0.25) is 5.43 Å². The first-order valence-electron chi connectivity index (χ1n) is 6.49. The van der Waals surface area contributed by atoms with Gasteiger partial charge in [0, 0.05) is 0 Å². The summed E-state index contributed by atoms with van der Waals surface area (Å²) in [5, 5.41) is 0.416. The van der Waals surface area contributed by atoms with Crippen molar-refractivity contribution in [1.82, 2.24) is 0 Å². The highest BCUT2D eigenvalue weighted by atomic mass is 16.6. The van der Waals surface area contributed by atoms with E-state index in [1.807, 2.05) is 30.3 Å². The van der Waals surface area contributed by atoms with E-state index in [0.717, 1.165) is 5.56 Å². The molecule has 0 aliphatic carbocycles. The van der Waals surface area contributed by atoms with Crippen molar-refractivity contribution in [3.05, 3.63) is 58.8 Å². The Bertz CT molecular complexity index is 835. The molecule has 0 atom stereocenters. The van der Waals surface area contributed by atoms with Crippen LogP contribution in [-0.2, 0) is 0 Å². The molecule has 0 aliphatic rings. The van der Waals surface area contributed by atoms with Crippen LogP contribution in [0.4, 0.5) is 0 Å². The number of benzene rings is 2. The number of methoxy groups -OCH3 is 2. The van der Waals surface area contributed by atoms with E-state index in [2.05, 4.69) is 0 Å². The Balaban J connectivity index is 2.44. The van der Waals surface area contributed by atoms with Crippen molar-refractivity contribution in [1.29, 1.82) is 0 Å². The van der Waals surface area contributed by atoms with Gasteiger partial charge in [-0.05, 0) is 17.7 Å².